The third-order valence-corrected chi connectivity index (χ3v) is 5.46. The predicted octanol–water partition coefficient (Wildman–Crippen LogP) is 3.36. The third kappa shape index (κ3) is 4.04. The van der Waals surface area contributed by atoms with Crippen molar-refractivity contribution in [3.63, 3.8) is 0 Å². The van der Waals surface area contributed by atoms with Crippen molar-refractivity contribution < 1.29 is 14.3 Å². The summed E-state index contributed by atoms with van der Waals surface area (Å²) in [5, 5.41) is 13.0. The summed E-state index contributed by atoms with van der Waals surface area (Å²) in [5.74, 6) is -2.26. The van der Waals surface area contributed by atoms with Gasteiger partial charge < -0.3 is 10.1 Å². The van der Waals surface area contributed by atoms with Gasteiger partial charge >= 0.3 is 5.97 Å². The highest BCUT2D eigenvalue weighted by atomic mass is 32.2. The molecule has 27 heavy (non-hydrogen) atoms. The topological polar surface area (TPSA) is 79.2 Å². The first-order valence-corrected chi connectivity index (χ1v) is 9.39. The molecule has 2 aromatic carbocycles. The lowest BCUT2D eigenvalue weighted by Gasteiger charge is -2.31. The van der Waals surface area contributed by atoms with E-state index in [0.717, 1.165) is 11.1 Å². The van der Waals surface area contributed by atoms with Gasteiger partial charge in [-0.1, -0.05) is 60.7 Å². The second-order valence-corrected chi connectivity index (χ2v) is 6.99. The molecule has 2 unspecified atom stereocenters. The van der Waals surface area contributed by atoms with E-state index >= 15 is 0 Å². The van der Waals surface area contributed by atoms with Crippen LogP contribution in [0.4, 0.5) is 0 Å². The van der Waals surface area contributed by atoms with Crippen LogP contribution in [0.5, 0.6) is 0 Å². The van der Waals surface area contributed by atoms with E-state index < -0.39 is 23.7 Å². The van der Waals surface area contributed by atoms with Gasteiger partial charge in [-0.25, -0.2) is 0 Å². The van der Waals surface area contributed by atoms with Gasteiger partial charge in [-0.3, -0.25) is 9.59 Å². The molecule has 0 aliphatic carbocycles. The zero-order valence-corrected chi connectivity index (χ0v) is 15.5. The number of methoxy groups -OCH3 is 1. The number of hydrogen-bond acceptors (Lipinski definition) is 5. The molecule has 1 aliphatic rings. The lowest BCUT2D eigenvalue weighted by atomic mass is 9.78. The van der Waals surface area contributed by atoms with E-state index in [2.05, 4.69) is 11.4 Å². The Morgan fingerprint density at radius 3 is 2.37 bits per heavy atom. The molecule has 0 saturated carbocycles. The van der Waals surface area contributed by atoms with Gasteiger partial charge in [-0.2, -0.15) is 5.26 Å². The zero-order valence-electron chi connectivity index (χ0n) is 14.7. The molecule has 0 radical (unpaired) electrons. The highest BCUT2D eigenvalue weighted by molar-refractivity contribution is 8.02. The van der Waals surface area contributed by atoms with Gasteiger partial charge in [-0.05, 0) is 11.1 Å². The number of allylic oxidation sites excluding steroid dienone is 1. The smallest absolute Gasteiger partial charge is 0.319 e. The van der Waals surface area contributed by atoms with Crippen LogP contribution in [0.15, 0.2) is 71.3 Å². The summed E-state index contributed by atoms with van der Waals surface area (Å²) in [5.41, 5.74) is 2.18. The van der Waals surface area contributed by atoms with E-state index in [1.54, 1.807) is 0 Å². The number of ether oxygens (including phenoxy) is 1. The van der Waals surface area contributed by atoms with E-state index in [4.69, 9.17) is 4.74 Å². The normalized spacial score (nSPS) is 19.2. The maximum atomic E-state index is 12.7. The van der Waals surface area contributed by atoms with E-state index in [9.17, 15) is 14.9 Å². The van der Waals surface area contributed by atoms with E-state index in [0.29, 0.717) is 16.4 Å². The first kappa shape index (κ1) is 18.7. The van der Waals surface area contributed by atoms with E-state index in [1.165, 1.54) is 18.9 Å². The molecule has 0 bridgehead atoms. The molecule has 0 aromatic heterocycles. The quantitative estimate of drug-likeness (QED) is 0.637. The Bertz CT molecular complexity index is 904. The minimum absolute atomic E-state index is 0.372. The number of carbonyl (C=O) groups is 2. The van der Waals surface area contributed by atoms with Crippen LogP contribution in [0.25, 0.3) is 0 Å². The lowest BCUT2D eigenvalue weighted by Crippen LogP contribution is -2.44. The van der Waals surface area contributed by atoms with E-state index in [1.807, 2.05) is 60.7 Å². The van der Waals surface area contributed by atoms with Crippen molar-refractivity contribution in [1.29, 1.82) is 5.26 Å². The molecular weight excluding hydrogens is 360 g/mol. The Balaban J connectivity index is 2.01. The fraction of sp³-hybridized carbons (Fsp3) is 0.190. The van der Waals surface area contributed by atoms with Crippen molar-refractivity contribution in [2.24, 2.45) is 5.92 Å². The van der Waals surface area contributed by atoms with Gasteiger partial charge in [0.2, 0.25) is 5.91 Å². The van der Waals surface area contributed by atoms with Gasteiger partial charge in [-0.15, -0.1) is 11.8 Å². The van der Waals surface area contributed by atoms with Gasteiger partial charge in [0.15, 0.2) is 0 Å². The highest BCUT2D eigenvalue weighted by Crippen LogP contribution is 2.40. The Kier molecular flexibility index (Phi) is 5.94. The first-order chi connectivity index (χ1) is 13.2. The minimum Gasteiger partial charge on any atom is -0.468 e. The summed E-state index contributed by atoms with van der Waals surface area (Å²) in [4.78, 5) is 25.0. The maximum absolute atomic E-state index is 12.7. The molecule has 0 saturated heterocycles. The summed E-state index contributed by atoms with van der Waals surface area (Å²) in [6, 6.07) is 21.1. The summed E-state index contributed by atoms with van der Waals surface area (Å²) < 4.78 is 4.83. The number of benzene rings is 2. The van der Waals surface area contributed by atoms with Gasteiger partial charge in [0.25, 0.3) is 0 Å². The number of amides is 1. The first-order valence-electron chi connectivity index (χ1n) is 8.40. The molecule has 2 atom stereocenters. The number of nitrogens with one attached hydrogen (secondary N) is 1. The van der Waals surface area contributed by atoms with Crippen LogP contribution in [-0.2, 0) is 20.1 Å². The summed E-state index contributed by atoms with van der Waals surface area (Å²) in [6.45, 7) is 0. The summed E-state index contributed by atoms with van der Waals surface area (Å²) in [6.07, 6.45) is 0. The Labute approximate surface area is 162 Å². The van der Waals surface area contributed by atoms with Crippen molar-refractivity contribution in [2.45, 2.75) is 11.7 Å². The zero-order chi connectivity index (χ0) is 19.2. The molecule has 1 amide bonds. The third-order valence-electron chi connectivity index (χ3n) is 4.37. The second kappa shape index (κ2) is 8.56. The minimum atomic E-state index is -1.09. The number of rotatable bonds is 5. The average Bonchev–Trinajstić information content (AvgIpc) is 2.72. The number of carbonyl (C=O) groups excluding carboxylic acids is 2. The highest BCUT2D eigenvalue weighted by Gasteiger charge is 2.44. The number of esters is 1. The van der Waals surface area contributed by atoms with Crippen LogP contribution >= 0.6 is 11.8 Å². The average molecular weight is 378 g/mol. The van der Waals surface area contributed by atoms with Crippen molar-refractivity contribution >= 4 is 23.6 Å². The fourth-order valence-electron chi connectivity index (χ4n) is 3.07. The second-order valence-electron chi connectivity index (χ2n) is 6.01. The Morgan fingerprint density at radius 2 is 1.78 bits per heavy atom. The number of thioether (sulfide) groups is 1. The van der Waals surface area contributed by atoms with Gasteiger partial charge in [0, 0.05) is 11.7 Å². The van der Waals surface area contributed by atoms with Crippen molar-refractivity contribution in [3.8, 4) is 6.07 Å². The van der Waals surface area contributed by atoms with Gasteiger partial charge in [0.1, 0.15) is 5.92 Å². The maximum Gasteiger partial charge on any atom is 0.319 e. The number of nitrogens with zero attached hydrogens (tertiary/aromatic N) is 1. The standard InChI is InChI=1S/C21H18N2O3S/c1-26-21(25)18-17(15-10-6-3-7-11-15)16(12-22)20(23-19(18)24)27-13-14-8-4-2-5-9-14/h2-11,17-18H,13H2,1H3,(H,23,24). The molecule has 1 aliphatic heterocycles. The van der Waals surface area contributed by atoms with Crippen molar-refractivity contribution in [3.05, 3.63) is 82.4 Å². The Hall–Kier alpha value is -3.04. The number of hydrogen-bond donors (Lipinski definition) is 1. The molecule has 5 nitrogen and oxygen atoms in total. The van der Waals surface area contributed by atoms with Crippen LogP contribution < -0.4 is 5.32 Å². The van der Waals surface area contributed by atoms with Crippen LogP contribution in [0.1, 0.15) is 17.0 Å². The monoisotopic (exact) mass is 378 g/mol. The fourth-order valence-corrected chi connectivity index (χ4v) is 4.07. The summed E-state index contributed by atoms with van der Waals surface area (Å²) >= 11 is 1.38. The molecular formula is C21H18N2O3S. The van der Waals surface area contributed by atoms with Gasteiger partial charge in [0.05, 0.1) is 23.8 Å². The van der Waals surface area contributed by atoms with Crippen LogP contribution in [0, 0.1) is 17.2 Å². The molecule has 2 aromatic rings. The molecule has 6 heteroatoms. The SMILES string of the molecule is COC(=O)C1C(=O)NC(SCc2ccccc2)=C(C#N)C1c1ccccc1. The molecule has 0 fully saturated rings. The van der Waals surface area contributed by atoms with Crippen molar-refractivity contribution in [1.82, 2.24) is 5.32 Å². The predicted molar refractivity (Wildman–Crippen MR) is 103 cm³/mol. The molecule has 1 N–H and O–H groups in total. The largest absolute Gasteiger partial charge is 0.468 e. The van der Waals surface area contributed by atoms with Crippen LogP contribution in [0.3, 0.4) is 0 Å². The Morgan fingerprint density at radius 1 is 1.15 bits per heavy atom. The van der Waals surface area contributed by atoms with Crippen LogP contribution in [0.2, 0.25) is 0 Å². The van der Waals surface area contributed by atoms with Crippen molar-refractivity contribution in [2.75, 3.05) is 7.11 Å². The lowest BCUT2D eigenvalue weighted by molar-refractivity contribution is -0.150. The molecule has 1 heterocycles. The number of nitriles is 1. The van der Waals surface area contributed by atoms with Crippen LogP contribution in [-0.4, -0.2) is 19.0 Å². The molecule has 0 spiro atoms. The molecule has 136 valence electrons. The van der Waals surface area contributed by atoms with E-state index in [-0.39, 0.29) is 0 Å². The summed E-state index contributed by atoms with van der Waals surface area (Å²) in [7, 11) is 1.24. The molecule has 3 rings (SSSR count).